The number of sulfone groups is 1. The van der Waals surface area contributed by atoms with E-state index >= 15 is 0 Å². The maximum atomic E-state index is 12.6. The van der Waals surface area contributed by atoms with E-state index in [1.807, 2.05) is 37.3 Å². The molecule has 7 nitrogen and oxygen atoms in total. The lowest BCUT2D eigenvalue weighted by molar-refractivity contribution is 0.478. The van der Waals surface area contributed by atoms with Crippen molar-refractivity contribution in [3.8, 4) is 0 Å². The number of aryl methyl sites for hydroxylation is 1. The zero-order valence-corrected chi connectivity index (χ0v) is 18.4. The summed E-state index contributed by atoms with van der Waals surface area (Å²) in [6, 6.07) is 7.17. The van der Waals surface area contributed by atoms with Crippen LogP contribution in [0.4, 0.5) is 0 Å². The van der Waals surface area contributed by atoms with E-state index in [0.29, 0.717) is 17.4 Å². The van der Waals surface area contributed by atoms with Gasteiger partial charge < -0.3 is 10.2 Å². The molecular weight excluding hydrogens is 374 g/mol. The fourth-order valence-corrected chi connectivity index (χ4v) is 4.02. The standard InChI is InChI=1S/C20H31N5O2S/c1-20(2,3)17-7-9-18(10-8-17)28(26,27)12-11-22-19(21-4)24(5)14-16-13-23-25(6)15-16/h7-10,13,15H,11-12,14H2,1-6H3,(H,21,22). The van der Waals surface area contributed by atoms with Gasteiger partial charge in [-0.05, 0) is 23.1 Å². The van der Waals surface area contributed by atoms with E-state index in [-0.39, 0.29) is 17.7 Å². The number of aromatic nitrogens is 2. The smallest absolute Gasteiger partial charge is 0.193 e. The van der Waals surface area contributed by atoms with Crippen molar-refractivity contribution in [2.24, 2.45) is 12.0 Å². The van der Waals surface area contributed by atoms with Crippen LogP contribution in [0.25, 0.3) is 0 Å². The molecule has 1 heterocycles. The number of hydrogen-bond acceptors (Lipinski definition) is 4. The second kappa shape index (κ2) is 8.77. The summed E-state index contributed by atoms with van der Waals surface area (Å²) in [6.07, 6.45) is 3.74. The number of hydrogen-bond donors (Lipinski definition) is 1. The first-order valence-electron chi connectivity index (χ1n) is 9.25. The second-order valence-corrected chi connectivity index (χ2v) is 10.1. The quantitative estimate of drug-likeness (QED) is 0.589. The molecule has 1 N–H and O–H groups in total. The average molecular weight is 406 g/mol. The highest BCUT2D eigenvalue weighted by molar-refractivity contribution is 7.91. The summed E-state index contributed by atoms with van der Waals surface area (Å²) in [5, 5.41) is 7.28. The van der Waals surface area contributed by atoms with Crippen LogP contribution >= 0.6 is 0 Å². The summed E-state index contributed by atoms with van der Waals surface area (Å²) in [6.45, 7) is 7.23. The van der Waals surface area contributed by atoms with Crippen molar-refractivity contribution in [1.29, 1.82) is 0 Å². The first-order chi connectivity index (χ1) is 13.0. The van der Waals surface area contributed by atoms with Crippen LogP contribution in [0.3, 0.4) is 0 Å². The number of aliphatic imine (C=N–C) groups is 1. The zero-order chi connectivity index (χ0) is 20.9. The Hall–Kier alpha value is -2.35. The van der Waals surface area contributed by atoms with Gasteiger partial charge in [0, 0.05) is 46.0 Å². The molecule has 0 unspecified atom stereocenters. The highest BCUT2D eigenvalue weighted by Crippen LogP contribution is 2.23. The molecule has 1 aromatic heterocycles. The van der Waals surface area contributed by atoms with Crippen molar-refractivity contribution in [3.05, 3.63) is 47.8 Å². The first kappa shape index (κ1) is 21.9. The molecular formula is C20H31N5O2S. The highest BCUT2D eigenvalue weighted by atomic mass is 32.2. The van der Waals surface area contributed by atoms with Gasteiger partial charge in [0.05, 0.1) is 16.8 Å². The highest BCUT2D eigenvalue weighted by Gasteiger charge is 2.18. The van der Waals surface area contributed by atoms with Crippen LogP contribution in [-0.4, -0.2) is 55.5 Å². The van der Waals surface area contributed by atoms with Crippen LogP contribution in [-0.2, 0) is 28.8 Å². The summed E-state index contributed by atoms with van der Waals surface area (Å²) in [5.74, 6) is 0.642. The van der Waals surface area contributed by atoms with Gasteiger partial charge in [-0.3, -0.25) is 9.67 Å². The van der Waals surface area contributed by atoms with Crippen molar-refractivity contribution in [1.82, 2.24) is 20.0 Å². The molecule has 0 fully saturated rings. The zero-order valence-electron chi connectivity index (χ0n) is 17.6. The molecule has 0 amide bonds. The third-order valence-electron chi connectivity index (χ3n) is 4.48. The van der Waals surface area contributed by atoms with E-state index in [9.17, 15) is 8.42 Å². The monoisotopic (exact) mass is 405 g/mol. The van der Waals surface area contributed by atoms with E-state index in [1.54, 1.807) is 30.1 Å². The van der Waals surface area contributed by atoms with Gasteiger partial charge in [-0.15, -0.1) is 0 Å². The Morgan fingerprint density at radius 2 is 1.89 bits per heavy atom. The van der Waals surface area contributed by atoms with Crippen molar-refractivity contribution >= 4 is 15.8 Å². The molecule has 154 valence electrons. The largest absolute Gasteiger partial charge is 0.355 e. The Kier molecular flexibility index (Phi) is 6.87. The molecule has 0 radical (unpaired) electrons. The normalized spacial score (nSPS) is 12.9. The Morgan fingerprint density at radius 1 is 1.25 bits per heavy atom. The van der Waals surface area contributed by atoms with Crippen molar-refractivity contribution < 1.29 is 8.42 Å². The average Bonchev–Trinajstić information content (AvgIpc) is 3.02. The molecule has 0 aliphatic carbocycles. The molecule has 8 heteroatoms. The molecule has 0 saturated carbocycles. The predicted octanol–water partition coefficient (Wildman–Crippen LogP) is 2.20. The molecule has 2 aromatic rings. The Balaban J connectivity index is 1.94. The summed E-state index contributed by atoms with van der Waals surface area (Å²) in [4.78, 5) is 6.51. The fourth-order valence-electron chi connectivity index (χ4n) is 2.86. The van der Waals surface area contributed by atoms with Crippen LogP contribution in [0.1, 0.15) is 31.9 Å². The van der Waals surface area contributed by atoms with E-state index in [0.717, 1.165) is 11.1 Å². The van der Waals surface area contributed by atoms with Crippen LogP contribution in [0.5, 0.6) is 0 Å². The van der Waals surface area contributed by atoms with Gasteiger partial charge >= 0.3 is 0 Å². The summed E-state index contributed by atoms with van der Waals surface area (Å²) >= 11 is 0. The lowest BCUT2D eigenvalue weighted by atomic mass is 9.87. The minimum Gasteiger partial charge on any atom is -0.355 e. The number of guanidine groups is 1. The van der Waals surface area contributed by atoms with E-state index in [1.165, 1.54) is 0 Å². The lowest BCUT2D eigenvalue weighted by Gasteiger charge is -2.21. The molecule has 0 aliphatic rings. The van der Waals surface area contributed by atoms with Crippen LogP contribution in [0.15, 0.2) is 46.5 Å². The summed E-state index contributed by atoms with van der Waals surface area (Å²) in [5.41, 5.74) is 2.16. The molecule has 0 spiro atoms. The van der Waals surface area contributed by atoms with Crippen molar-refractivity contribution in [2.75, 3.05) is 26.4 Å². The van der Waals surface area contributed by atoms with Crippen molar-refractivity contribution in [2.45, 2.75) is 37.6 Å². The van der Waals surface area contributed by atoms with Gasteiger partial charge in [0.25, 0.3) is 0 Å². The van der Waals surface area contributed by atoms with Crippen LogP contribution in [0.2, 0.25) is 0 Å². The third-order valence-corrected chi connectivity index (χ3v) is 6.22. The van der Waals surface area contributed by atoms with Crippen LogP contribution < -0.4 is 5.32 Å². The first-order valence-corrected chi connectivity index (χ1v) is 10.9. The molecule has 2 rings (SSSR count). The van der Waals surface area contributed by atoms with E-state index < -0.39 is 9.84 Å². The van der Waals surface area contributed by atoms with Crippen molar-refractivity contribution in [3.63, 3.8) is 0 Å². The second-order valence-electron chi connectivity index (χ2n) is 7.95. The van der Waals surface area contributed by atoms with Gasteiger partial charge in [-0.25, -0.2) is 8.42 Å². The topological polar surface area (TPSA) is 79.6 Å². The van der Waals surface area contributed by atoms with Gasteiger partial charge in [-0.1, -0.05) is 32.9 Å². The minimum absolute atomic E-state index is 0.00160. The number of benzene rings is 1. The SMILES string of the molecule is CN=C(NCCS(=O)(=O)c1ccc(C(C)(C)C)cc1)N(C)Cc1cnn(C)c1. The Bertz CT molecular complexity index is 909. The van der Waals surface area contributed by atoms with Crippen LogP contribution in [0, 0.1) is 0 Å². The van der Waals surface area contributed by atoms with Gasteiger partial charge in [-0.2, -0.15) is 5.10 Å². The van der Waals surface area contributed by atoms with Gasteiger partial charge in [0.1, 0.15) is 0 Å². The molecule has 28 heavy (non-hydrogen) atoms. The minimum atomic E-state index is -3.36. The third kappa shape index (κ3) is 5.82. The molecule has 0 atom stereocenters. The summed E-state index contributed by atoms with van der Waals surface area (Å²) in [7, 11) is 2.10. The predicted molar refractivity (Wildman–Crippen MR) is 113 cm³/mol. The fraction of sp³-hybridized carbons (Fsp3) is 0.500. The van der Waals surface area contributed by atoms with Gasteiger partial charge in [0.15, 0.2) is 15.8 Å². The number of rotatable bonds is 6. The Labute approximate surface area is 168 Å². The maximum Gasteiger partial charge on any atom is 0.193 e. The maximum absolute atomic E-state index is 12.6. The Morgan fingerprint density at radius 3 is 2.39 bits per heavy atom. The van der Waals surface area contributed by atoms with E-state index in [4.69, 9.17) is 0 Å². The number of nitrogens with one attached hydrogen (secondary N) is 1. The molecule has 0 aliphatic heterocycles. The summed E-state index contributed by atoms with van der Waals surface area (Å²) < 4.78 is 27.0. The number of nitrogens with zero attached hydrogens (tertiary/aromatic N) is 4. The van der Waals surface area contributed by atoms with E-state index in [2.05, 4.69) is 36.2 Å². The molecule has 0 saturated heterocycles. The lowest BCUT2D eigenvalue weighted by Crippen LogP contribution is -2.40. The molecule has 0 bridgehead atoms. The van der Waals surface area contributed by atoms with Gasteiger partial charge in [0.2, 0.25) is 0 Å². The molecule has 1 aromatic carbocycles.